The van der Waals surface area contributed by atoms with Gasteiger partial charge in [0.25, 0.3) is 0 Å². The highest BCUT2D eigenvalue weighted by Crippen LogP contribution is 2.34. The van der Waals surface area contributed by atoms with Crippen molar-refractivity contribution in [1.82, 2.24) is 9.97 Å². The molecule has 4 rings (SSSR count). The van der Waals surface area contributed by atoms with Crippen molar-refractivity contribution >= 4 is 23.0 Å². The molecule has 1 heterocycles. The Hall–Kier alpha value is -3.86. The van der Waals surface area contributed by atoms with Gasteiger partial charge in [0, 0.05) is 18.8 Å². The van der Waals surface area contributed by atoms with Crippen molar-refractivity contribution in [2.75, 3.05) is 16.0 Å². The van der Waals surface area contributed by atoms with E-state index in [1.807, 2.05) is 54.6 Å². The summed E-state index contributed by atoms with van der Waals surface area (Å²) in [4.78, 5) is 11.2. The molecule has 0 bridgehead atoms. The normalized spacial score (nSPS) is 11.2. The van der Waals surface area contributed by atoms with Gasteiger partial charge >= 0.3 is 0 Å². The number of hydrogen-bond donors (Lipinski definition) is 2. The maximum atomic E-state index is 6.66. The second-order valence-corrected chi connectivity index (χ2v) is 9.12. The molecule has 0 aliphatic carbocycles. The average Bonchev–Trinajstić information content (AvgIpc) is 2.81. The molecular weight excluding hydrogens is 406 g/mol. The Balaban J connectivity index is 1.69. The molecule has 0 saturated heterocycles. The first-order valence-corrected chi connectivity index (χ1v) is 11.1. The summed E-state index contributed by atoms with van der Waals surface area (Å²) in [6, 6.07) is 30.0. The fourth-order valence-electron chi connectivity index (χ4n) is 3.84. The summed E-state index contributed by atoms with van der Waals surface area (Å²) in [6.07, 6.45) is 1.57. The van der Waals surface area contributed by atoms with E-state index >= 15 is 0 Å². The largest absolute Gasteiger partial charge is 0.393 e. The Bertz CT molecular complexity index is 1140. The number of nitrogen functional groups attached to an aromatic ring is 1. The summed E-state index contributed by atoms with van der Waals surface area (Å²) < 4.78 is 0. The van der Waals surface area contributed by atoms with Crippen LogP contribution in [0.5, 0.6) is 0 Å². The third-order valence-corrected chi connectivity index (χ3v) is 5.45. The number of hydrogen-bond acceptors (Lipinski definition) is 5. The van der Waals surface area contributed by atoms with E-state index < -0.39 is 0 Å². The lowest BCUT2D eigenvalue weighted by Gasteiger charge is -2.27. The highest BCUT2D eigenvalue weighted by Gasteiger charge is 2.20. The van der Waals surface area contributed by atoms with Gasteiger partial charge in [0.2, 0.25) is 0 Å². The van der Waals surface area contributed by atoms with Crippen molar-refractivity contribution in [3.05, 3.63) is 108 Å². The predicted octanol–water partition coefficient (Wildman–Crippen LogP) is 6.11. The highest BCUT2D eigenvalue weighted by molar-refractivity contribution is 5.79. The van der Waals surface area contributed by atoms with E-state index in [1.165, 1.54) is 11.1 Å². The molecule has 0 saturated carbocycles. The van der Waals surface area contributed by atoms with Crippen molar-refractivity contribution in [2.45, 2.75) is 39.3 Å². The van der Waals surface area contributed by atoms with E-state index in [0.29, 0.717) is 30.4 Å². The molecule has 1 radical (unpaired) electrons. The van der Waals surface area contributed by atoms with E-state index in [9.17, 15) is 0 Å². The summed E-state index contributed by atoms with van der Waals surface area (Å²) in [7, 11) is 0. The lowest BCUT2D eigenvalue weighted by Crippen LogP contribution is -2.25. The van der Waals surface area contributed by atoms with Crippen LogP contribution in [0.2, 0.25) is 0 Å². The molecule has 5 nitrogen and oxygen atoms in total. The van der Waals surface area contributed by atoms with Crippen LogP contribution < -0.4 is 16.0 Å². The first kappa shape index (κ1) is 22.3. The van der Waals surface area contributed by atoms with E-state index in [4.69, 9.17) is 5.73 Å². The maximum absolute atomic E-state index is 6.66. The van der Waals surface area contributed by atoms with Gasteiger partial charge in [-0.2, -0.15) is 0 Å². The maximum Gasteiger partial charge on any atom is 0.159 e. The van der Waals surface area contributed by atoms with Gasteiger partial charge in [-0.15, -0.1) is 0 Å². The van der Waals surface area contributed by atoms with Gasteiger partial charge in [0.1, 0.15) is 12.0 Å². The summed E-state index contributed by atoms with van der Waals surface area (Å²) >= 11 is 0. The molecule has 0 aliphatic heterocycles. The molecule has 1 aromatic heterocycles. The van der Waals surface area contributed by atoms with Gasteiger partial charge in [0.05, 0.1) is 0 Å². The van der Waals surface area contributed by atoms with E-state index in [0.717, 1.165) is 11.3 Å². The number of nitrogens with two attached hydrogens (primary N) is 1. The molecule has 0 aliphatic rings. The molecule has 0 fully saturated rings. The van der Waals surface area contributed by atoms with Crippen LogP contribution in [0.1, 0.15) is 37.5 Å². The van der Waals surface area contributed by atoms with Gasteiger partial charge in [-0.1, -0.05) is 93.6 Å². The van der Waals surface area contributed by atoms with E-state index in [1.54, 1.807) is 6.33 Å². The average molecular weight is 437 g/mol. The van der Waals surface area contributed by atoms with E-state index in [2.05, 4.69) is 71.3 Å². The Morgan fingerprint density at radius 3 is 2.03 bits per heavy atom. The van der Waals surface area contributed by atoms with Crippen molar-refractivity contribution < 1.29 is 0 Å². The van der Waals surface area contributed by atoms with Crippen molar-refractivity contribution in [3.63, 3.8) is 0 Å². The monoisotopic (exact) mass is 436 g/mol. The molecule has 5 heteroatoms. The van der Waals surface area contributed by atoms with Gasteiger partial charge in [-0.3, -0.25) is 0 Å². The van der Waals surface area contributed by atoms with Crippen LogP contribution in [-0.2, 0) is 18.5 Å². The number of benzene rings is 3. The molecule has 3 N–H and O–H groups in total. The summed E-state index contributed by atoms with van der Waals surface area (Å²) in [5, 5.41) is 3.44. The van der Waals surface area contributed by atoms with Crippen LogP contribution in [0.3, 0.4) is 0 Å². The van der Waals surface area contributed by atoms with Crippen LogP contribution in [0, 0.1) is 6.07 Å². The Kier molecular flexibility index (Phi) is 6.59. The first-order valence-electron chi connectivity index (χ1n) is 11.1. The van der Waals surface area contributed by atoms with Crippen LogP contribution in [0.15, 0.2) is 85.2 Å². The first-order chi connectivity index (χ1) is 15.9. The predicted molar refractivity (Wildman–Crippen MR) is 136 cm³/mol. The zero-order chi connectivity index (χ0) is 23.3. The lowest BCUT2D eigenvalue weighted by atomic mass is 9.86. The van der Waals surface area contributed by atoms with Crippen molar-refractivity contribution in [2.24, 2.45) is 0 Å². The molecule has 0 amide bonds. The zero-order valence-electron chi connectivity index (χ0n) is 19.4. The Morgan fingerprint density at radius 2 is 1.45 bits per heavy atom. The third-order valence-electron chi connectivity index (χ3n) is 5.45. The fourth-order valence-corrected chi connectivity index (χ4v) is 3.84. The van der Waals surface area contributed by atoms with Gasteiger partial charge < -0.3 is 16.0 Å². The van der Waals surface area contributed by atoms with Crippen LogP contribution >= 0.6 is 0 Å². The molecular formula is C28H30N5. The van der Waals surface area contributed by atoms with Gasteiger partial charge in [-0.25, -0.2) is 9.97 Å². The second kappa shape index (κ2) is 9.74. The Morgan fingerprint density at radius 1 is 0.848 bits per heavy atom. The standard InChI is InChI=1S/C28H30N5/c1-28(2,3)23-16-10-11-17-24(23)32-26-25(29)27(31-20-30-26)33(18-21-12-6-4-7-13-21)19-22-14-8-5-9-15-22/h4-15,17,20H,18-19,29H2,1-3H3,(H,30,31,32). The third kappa shape index (κ3) is 5.50. The van der Waals surface area contributed by atoms with Crippen molar-refractivity contribution in [1.29, 1.82) is 0 Å². The quantitative estimate of drug-likeness (QED) is 0.366. The molecule has 33 heavy (non-hydrogen) atoms. The molecule has 0 atom stereocenters. The van der Waals surface area contributed by atoms with E-state index in [-0.39, 0.29) is 5.41 Å². The number of aromatic nitrogens is 2. The smallest absolute Gasteiger partial charge is 0.159 e. The number of anilines is 4. The minimum absolute atomic E-state index is 0.0686. The summed E-state index contributed by atoms with van der Waals surface area (Å²) in [6.45, 7) is 7.87. The van der Waals surface area contributed by atoms with Crippen LogP contribution in [-0.4, -0.2) is 9.97 Å². The molecule has 0 unspecified atom stereocenters. The fraction of sp³-hybridized carbons (Fsp3) is 0.214. The number of nitrogens with one attached hydrogen (secondary N) is 1. The zero-order valence-corrected chi connectivity index (χ0v) is 19.4. The Labute approximate surface area is 196 Å². The number of nitrogens with zero attached hydrogens (tertiary/aromatic N) is 3. The van der Waals surface area contributed by atoms with Crippen molar-refractivity contribution in [3.8, 4) is 0 Å². The SMILES string of the molecule is CC(C)(C)c1[c]cccc1Nc1ncnc(N(Cc2ccccc2)Cc2ccccc2)c1N. The molecule has 4 aromatic rings. The molecule has 3 aromatic carbocycles. The lowest BCUT2D eigenvalue weighted by molar-refractivity contribution is 0.591. The van der Waals surface area contributed by atoms with Crippen LogP contribution in [0.4, 0.5) is 23.0 Å². The molecule has 167 valence electrons. The highest BCUT2D eigenvalue weighted by atomic mass is 15.2. The summed E-state index contributed by atoms with van der Waals surface area (Å²) in [5.74, 6) is 1.30. The topological polar surface area (TPSA) is 67.1 Å². The minimum atomic E-state index is -0.0686. The van der Waals surface area contributed by atoms with Gasteiger partial charge in [-0.05, 0) is 34.2 Å². The summed E-state index contributed by atoms with van der Waals surface area (Å²) in [5.41, 5.74) is 11.5. The minimum Gasteiger partial charge on any atom is -0.393 e. The molecule has 0 spiro atoms. The second-order valence-electron chi connectivity index (χ2n) is 9.12. The van der Waals surface area contributed by atoms with Crippen LogP contribution in [0.25, 0.3) is 0 Å². The van der Waals surface area contributed by atoms with Gasteiger partial charge in [0.15, 0.2) is 11.6 Å². The number of rotatable bonds is 7.